The topological polar surface area (TPSA) is 77.3 Å². The van der Waals surface area contributed by atoms with Crippen molar-refractivity contribution in [1.82, 2.24) is 29.9 Å². The summed E-state index contributed by atoms with van der Waals surface area (Å²) in [6, 6.07) is 44.1. The molecule has 0 aliphatic heterocycles. The van der Waals surface area contributed by atoms with Gasteiger partial charge in [-0.2, -0.15) is 0 Å². The van der Waals surface area contributed by atoms with E-state index in [9.17, 15) is 0 Å². The van der Waals surface area contributed by atoms with Gasteiger partial charge in [-0.1, -0.05) is 97.1 Å². The summed E-state index contributed by atoms with van der Waals surface area (Å²) in [4.78, 5) is 28.8. The minimum Gasteiger partial charge on any atom is -0.248 e. The molecule has 6 nitrogen and oxygen atoms in total. The van der Waals surface area contributed by atoms with E-state index < -0.39 is 0 Å². The van der Waals surface area contributed by atoms with E-state index in [1.54, 1.807) is 12.4 Å². The molecule has 42 heavy (non-hydrogen) atoms. The SMILES string of the molecule is c1ccc(-c2cccc(-c3cc(-c4ncccn4)cc(-c4nc(-c5ccccc5)nc(-c5ccccc5)n4)c3)n2)cc1. The maximum Gasteiger partial charge on any atom is 0.164 e. The molecule has 0 amide bonds. The Balaban J connectivity index is 1.43. The molecule has 0 N–H and O–H groups in total. The second-order valence-corrected chi connectivity index (χ2v) is 9.68. The molecule has 0 saturated heterocycles. The van der Waals surface area contributed by atoms with Gasteiger partial charge in [0, 0.05) is 45.8 Å². The number of aromatic nitrogens is 6. The zero-order valence-electron chi connectivity index (χ0n) is 22.5. The van der Waals surface area contributed by atoms with Crippen LogP contribution in [-0.2, 0) is 0 Å². The van der Waals surface area contributed by atoms with Gasteiger partial charge in [0.15, 0.2) is 23.3 Å². The van der Waals surface area contributed by atoms with Crippen molar-refractivity contribution in [1.29, 1.82) is 0 Å². The number of hydrogen-bond acceptors (Lipinski definition) is 6. The van der Waals surface area contributed by atoms with Crippen molar-refractivity contribution in [3.05, 3.63) is 146 Å². The first-order valence-electron chi connectivity index (χ1n) is 13.6. The van der Waals surface area contributed by atoms with Crippen molar-refractivity contribution >= 4 is 0 Å². The Morgan fingerprint density at radius 1 is 0.286 bits per heavy atom. The van der Waals surface area contributed by atoms with Crippen LogP contribution in [0, 0.1) is 0 Å². The summed E-state index contributed by atoms with van der Waals surface area (Å²) in [5.41, 5.74) is 7.19. The Kier molecular flexibility index (Phi) is 6.76. The van der Waals surface area contributed by atoms with Crippen molar-refractivity contribution in [2.24, 2.45) is 0 Å². The maximum atomic E-state index is 5.02. The molecule has 7 aromatic rings. The van der Waals surface area contributed by atoms with E-state index in [4.69, 9.17) is 19.9 Å². The second-order valence-electron chi connectivity index (χ2n) is 9.68. The van der Waals surface area contributed by atoms with Gasteiger partial charge in [-0.15, -0.1) is 0 Å². The zero-order valence-corrected chi connectivity index (χ0v) is 22.5. The molecule has 0 saturated carbocycles. The van der Waals surface area contributed by atoms with Crippen LogP contribution in [0.15, 0.2) is 146 Å². The highest BCUT2D eigenvalue weighted by atomic mass is 15.0. The van der Waals surface area contributed by atoms with Crippen LogP contribution >= 0.6 is 0 Å². The van der Waals surface area contributed by atoms with Crippen LogP contribution in [-0.4, -0.2) is 29.9 Å². The molecule has 0 fully saturated rings. The highest BCUT2D eigenvalue weighted by Gasteiger charge is 2.16. The molecule has 0 aliphatic rings. The third-order valence-corrected chi connectivity index (χ3v) is 6.83. The fourth-order valence-electron chi connectivity index (χ4n) is 4.78. The van der Waals surface area contributed by atoms with Gasteiger partial charge in [-0.3, -0.25) is 0 Å². The monoisotopic (exact) mass is 540 g/mol. The molecule has 0 unspecified atom stereocenters. The largest absolute Gasteiger partial charge is 0.248 e. The van der Waals surface area contributed by atoms with E-state index in [1.165, 1.54) is 0 Å². The minimum absolute atomic E-state index is 0.556. The first-order valence-corrected chi connectivity index (χ1v) is 13.6. The third-order valence-electron chi connectivity index (χ3n) is 6.83. The molecular weight excluding hydrogens is 516 g/mol. The fourth-order valence-corrected chi connectivity index (χ4v) is 4.78. The van der Waals surface area contributed by atoms with Gasteiger partial charge in [0.05, 0.1) is 11.4 Å². The zero-order chi connectivity index (χ0) is 28.1. The lowest BCUT2D eigenvalue weighted by Crippen LogP contribution is -2.01. The summed E-state index contributed by atoms with van der Waals surface area (Å²) in [5.74, 6) is 2.37. The van der Waals surface area contributed by atoms with E-state index in [2.05, 4.69) is 34.2 Å². The number of rotatable bonds is 6. The van der Waals surface area contributed by atoms with Crippen LogP contribution in [0.2, 0.25) is 0 Å². The summed E-state index contributed by atoms with van der Waals surface area (Å²) in [6.07, 6.45) is 3.49. The Hall–Kier alpha value is -5.88. The lowest BCUT2D eigenvalue weighted by atomic mass is 10.0. The van der Waals surface area contributed by atoms with E-state index >= 15 is 0 Å². The van der Waals surface area contributed by atoms with Crippen molar-refractivity contribution in [2.75, 3.05) is 0 Å². The van der Waals surface area contributed by atoms with Gasteiger partial charge in [-0.05, 0) is 36.4 Å². The summed E-state index contributed by atoms with van der Waals surface area (Å²) < 4.78 is 0. The fraction of sp³-hybridized carbons (Fsp3) is 0. The second kappa shape index (κ2) is 11.3. The standard InChI is InChI=1S/C36H24N6/c1-4-12-25(13-5-1)31-18-10-19-32(39-31)28-22-29(33-37-20-11-21-38-33)24-30(23-28)36-41-34(26-14-6-2-7-15-26)40-35(42-36)27-16-8-3-9-17-27/h1-24H. The van der Waals surface area contributed by atoms with Gasteiger partial charge in [0.1, 0.15) is 0 Å². The molecule has 0 aliphatic carbocycles. The molecule has 0 radical (unpaired) electrons. The van der Waals surface area contributed by atoms with Crippen LogP contribution in [0.3, 0.4) is 0 Å². The first kappa shape index (κ1) is 25.1. The van der Waals surface area contributed by atoms with Gasteiger partial charge >= 0.3 is 0 Å². The van der Waals surface area contributed by atoms with Gasteiger partial charge in [0.25, 0.3) is 0 Å². The summed E-state index contributed by atoms with van der Waals surface area (Å²) in [6.45, 7) is 0. The van der Waals surface area contributed by atoms with E-state index in [0.717, 1.165) is 44.8 Å². The smallest absolute Gasteiger partial charge is 0.164 e. The van der Waals surface area contributed by atoms with Gasteiger partial charge in [0.2, 0.25) is 0 Å². The van der Waals surface area contributed by atoms with E-state index in [0.29, 0.717) is 23.3 Å². The summed E-state index contributed by atoms with van der Waals surface area (Å²) in [5, 5.41) is 0. The Labute approximate surface area is 243 Å². The van der Waals surface area contributed by atoms with Crippen molar-refractivity contribution in [3.63, 3.8) is 0 Å². The molecule has 198 valence electrons. The maximum absolute atomic E-state index is 5.02. The Morgan fingerprint density at radius 3 is 1.26 bits per heavy atom. The molecular formula is C36H24N6. The average Bonchev–Trinajstić information content (AvgIpc) is 3.09. The van der Waals surface area contributed by atoms with Crippen molar-refractivity contribution in [2.45, 2.75) is 0 Å². The Bertz CT molecular complexity index is 1900. The summed E-state index contributed by atoms with van der Waals surface area (Å²) >= 11 is 0. The predicted octanol–water partition coefficient (Wildman–Crippen LogP) is 8.06. The number of nitrogens with zero attached hydrogens (tertiary/aromatic N) is 6. The van der Waals surface area contributed by atoms with Crippen molar-refractivity contribution < 1.29 is 0 Å². The third kappa shape index (κ3) is 5.29. The van der Waals surface area contributed by atoms with Crippen LogP contribution in [0.4, 0.5) is 0 Å². The average molecular weight is 541 g/mol. The van der Waals surface area contributed by atoms with E-state index in [-0.39, 0.29) is 0 Å². The highest BCUT2D eigenvalue weighted by Crippen LogP contribution is 2.32. The number of pyridine rings is 1. The highest BCUT2D eigenvalue weighted by molar-refractivity contribution is 5.78. The molecule has 3 heterocycles. The summed E-state index contributed by atoms with van der Waals surface area (Å²) in [7, 11) is 0. The van der Waals surface area contributed by atoms with Gasteiger partial charge < -0.3 is 0 Å². The minimum atomic E-state index is 0.556. The van der Waals surface area contributed by atoms with E-state index in [1.807, 2.05) is 109 Å². The van der Waals surface area contributed by atoms with Crippen molar-refractivity contribution in [3.8, 4) is 68.1 Å². The number of hydrogen-bond donors (Lipinski definition) is 0. The van der Waals surface area contributed by atoms with Gasteiger partial charge in [-0.25, -0.2) is 29.9 Å². The lowest BCUT2D eigenvalue weighted by molar-refractivity contribution is 1.07. The van der Waals surface area contributed by atoms with Crippen LogP contribution in [0.1, 0.15) is 0 Å². The molecule has 7 rings (SSSR count). The van der Waals surface area contributed by atoms with Crippen LogP contribution in [0.5, 0.6) is 0 Å². The van der Waals surface area contributed by atoms with Crippen LogP contribution < -0.4 is 0 Å². The number of benzene rings is 4. The molecule has 0 spiro atoms. The molecule has 0 bridgehead atoms. The molecule has 3 aromatic heterocycles. The van der Waals surface area contributed by atoms with Crippen LogP contribution in [0.25, 0.3) is 68.1 Å². The normalized spacial score (nSPS) is 10.9. The Morgan fingerprint density at radius 2 is 0.714 bits per heavy atom. The molecule has 4 aromatic carbocycles. The molecule has 6 heteroatoms. The first-order chi connectivity index (χ1) is 20.8. The lowest BCUT2D eigenvalue weighted by Gasteiger charge is -2.12. The quantitative estimate of drug-likeness (QED) is 0.212. The predicted molar refractivity (Wildman–Crippen MR) is 166 cm³/mol. The molecule has 0 atom stereocenters.